The molecule has 2 heterocycles. The lowest BCUT2D eigenvalue weighted by atomic mass is 10.2. The van der Waals surface area contributed by atoms with E-state index in [0.717, 1.165) is 36.0 Å². The smallest absolute Gasteiger partial charge is 0.0952 e. The maximum absolute atomic E-state index is 4.51. The highest BCUT2D eigenvalue weighted by Gasteiger charge is 2.03. The SMILES string of the molecule is c1ccc(Cn2cnc(CSSSSCc3cn(Cc4ccccc4)cn3)c2)cc1. The summed E-state index contributed by atoms with van der Waals surface area (Å²) < 4.78 is 4.28. The predicted molar refractivity (Wildman–Crippen MR) is 133 cm³/mol. The van der Waals surface area contributed by atoms with E-state index in [1.807, 2.05) is 46.4 Å². The van der Waals surface area contributed by atoms with E-state index in [1.54, 1.807) is 19.7 Å². The van der Waals surface area contributed by atoms with Crippen molar-refractivity contribution in [1.82, 2.24) is 19.1 Å². The van der Waals surface area contributed by atoms with Gasteiger partial charge in [-0.15, -0.1) is 0 Å². The topological polar surface area (TPSA) is 35.6 Å². The van der Waals surface area contributed by atoms with E-state index in [4.69, 9.17) is 0 Å². The van der Waals surface area contributed by atoms with Gasteiger partial charge in [0.2, 0.25) is 0 Å². The molecule has 0 unspecified atom stereocenters. The molecule has 0 spiro atoms. The van der Waals surface area contributed by atoms with E-state index in [2.05, 4.69) is 80.0 Å². The zero-order chi connectivity index (χ0) is 20.4. The highest BCUT2D eigenvalue weighted by Crippen LogP contribution is 2.45. The Bertz CT molecular complexity index is 934. The summed E-state index contributed by atoms with van der Waals surface area (Å²) in [5, 5.41) is 0. The van der Waals surface area contributed by atoms with Gasteiger partial charge in [-0.05, 0) is 30.8 Å². The summed E-state index contributed by atoms with van der Waals surface area (Å²) in [7, 11) is 7.26. The van der Waals surface area contributed by atoms with Crippen LogP contribution in [0.4, 0.5) is 0 Å². The molecule has 0 atom stereocenters. The number of imidazole rings is 2. The second kappa shape index (κ2) is 11.6. The molecule has 0 saturated carbocycles. The monoisotopic (exact) mass is 470 g/mol. The highest BCUT2D eigenvalue weighted by molar-refractivity contribution is 9.25. The lowest BCUT2D eigenvalue weighted by molar-refractivity contribution is 0.797. The van der Waals surface area contributed by atoms with Crippen LogP contribution in [0.15, 0.2) is 85.7 Å². The third-order valence-corrected chi connectivity index (χ3v) is 10.6. The van der Waals surface area contributed by atoms with Crippen molar-refractivity contribution >= 4 is 41.2 Å². The Hall–Kier alpha value is -1.74. The Morgan fingerprint density at radius 3 is 1.47 bits per heavy atom. The zero-order valence-electron chi connectivity index (χ0n) is 16.3. The quantitative estimate of drug-likeness (QED) is 0.183. The second-order valence-electron chi connectivity index (χ2n) is 6.71. The molecule has 0 amide bonds. The van der Waals surface area contributed by atoms with Crippen LogP contribution in [0.5, 0.6) is 0 Å². The van der Waals surface area contributed by atoms with Crippen LogP contribution in [0.25, 0.3) is 0 Å². The van der Waals surface area contributed by atoms with E-state index in [-0.39, 0.29) is 0 Å². The Balaban J connectivity index is 1.11. The molecule has 0 N–H and O–H groups in total. The second-order valence-corrected chi connectivity index (χ2v) is 12.7. The molecule has 2 aromatic heterocycles. The number of benzene rings is 2. The average molecular weight is 471 g/mol. The number of hydrogen-bond donors (Lipinski definition) is 0. The third-order valence-electron chi connectivity index (χ3n) is 4.33. The Morgan fingerprint density at radius 1 is 0.600 bits per heavy atom. The van der Waals surface area contributed by atoms with E-state index in [1.165, 1.54) is 11.1 Å². The van der Waals surface area contributed by atoms with Gasteiger partial charge in [-0.3, -0.25) is 0 Å². The molecule has 0 aliphatic carbocycles. The van der Waals surface area contributed by atoms with Gasteiger partial charge in [-0.1, -0.05) is 82.3 Å². The standard InChI is InChI=1S/C22H22N4S4/c1-3-7-19(8-4-1)11-25-13-21(23-17-25)15-27-29-30-28-16-22-14-26(18-24-22)12-20-9-5-2-6-10-20/h1-10,13-14,17-18H,11-12,15-16H2. The van der Waals surface area contributed by atoms with Crippen LogP contribution in [0.2, 0.25) is 0 Å². The fourth-order valence-corrected chi connectivity index (χ4v) is 8.59. The normalized spacial score (nSPS) is 11.1. The van der Waals surface area contributed by atoms with Crippen LogP contribution < -0.4 is 0 Å². The molecular formula is C22H22N4S4. The minimum absolute atomic E-state index is 0.868. The lowest BCUT2D eigenvalue weighted by Gasteiger charge is -2.01. The van der Waals surface area contributed by atoms with Gasteiger partial charge in [0.15, 0.2) is 0 Å². The molecule has 0 fully saturated rings. The summed E-state index contributed by atoms with van der Waals surface area (Å²) in [4.78, 5) is 9.03. The molecule has 0 aliphatic rings. The van der Waals surface area contributed by atoms with Gasteiger partial charge in [0.1, 0.15) is 0 Å². The van der Waals surface area contributed by atoms with E-state index in [9.17, 15) is 0 Å². The van der Waals surface area contributed by atoms with Gasteiger partial charge in [0.05, 0.1) is 24.0 Å². The van der Waals surface area contributed by atoms with Crippen molar-refractivity contribution < 1.29 is 0 Å². The Labute approximate surface area is 192 Å². The molecule has 8 heteroatoms. The molecule has 0 aliphatic heterocycles. The molecule has 0 radical (unpaired) electrons. The van der Waals surface area contributed by atoms with Gasteiger partial charge in [0, 0.05) is 37.0 Å². The summed E-state index contributed by atoms with van der Waals surface area (Å²) in [6.07, 6.45) is 8.11. The summed E-state index contributed by atoms with van der Waals surface area (Å²) in [5.74, 6) is 1.82. The van der Waals surface area contributed by atoms with Gasteiger partial charge in [-0.25, -0.2) is 9.97 Å². The minimum Gasteiger partial charge on any atom is -0.333 e. The lowest BCUT2D eigenvalue weighted by Crippen LogP contribution is -1.95. The van der Waals surface area contributed by atoms with Crippen LogP contribution in [0.1, 0.15) is 22.5 Å². The minimum atomic E-state index is 0.868. The Morgan fingerprint density at radius 2 is 1.03 bits per heavy atom. The molecule has 154 valence electrons. The fourth-order valence-electron chi connectivity index (χ4n) is 2.93. The molecule has 4 aromatic rings. The van der Waals surface area contributed by atoms with Gasteiger partial charge in [0.25, 0.3) is 0 Å². The number of hydrogen-bond acceptors (Lipinski definition) is 6. The molecule has 30 heavy (non-hydrogen) atoms. The average Bonchev–Trinajstić information content (AvgIpc) is 3.41. The van der Waals surface area contributed by atoms with Crippen LogP contribution in [0.3, 0.4) is 0 Å². The summed E-state index contributed by atoms with van der Waals surface area (Å²) in [5.41, 5.74) is 4.82. The van der Waals surface area contributed by atoms with Crippen LogP contribution in [-0.2, 0) is 24.6 Å². The van der Waals surface area contributed by atoms with Crippen molar-refractivity contribution in [2.75, 3.05) is 0 Å². The van der Waals surface area contributed by atoms with Crippen molar-refractivity contribution in [2.24, 2.45) is 0 Å². The van der Waals surface area contributed by atoms with E-state index in [0.29, 0.717) is 0 Å². The molecular weight excluding hydrogens is 449 g/mol. The molecule has 2 aromatic carbocycles. The molecule has 0 saturated heterocycles. The fraction of sp³-hybridized carbons (Fsp3) is 0.182. The largest absolute Gasteiger partial charge is 0.333 e. The van der Waals surface area contributed by atoms with Crippen LogP contribution in [0, 0.1) is 0 Å². The van der Waals surface area contributed by atoms with Crippen molar-refractivity contribution in [3.63, 3.8) is 0 Å². The number of rotatable bonds is 11. The van der Waals surface area contributed by atoms with Crippen LogP contribution in [-0.4, -0.2) is 19.1 Å². The van der Waals surface area contributed by atoms with Gasteiger partial charge in [-0.2, -0.15) is 0 Å². The van der Waals surface area contributed by atoms with Crippen molar-refractivity contribution in [2.45, 2.75) is 24.6 Å². The van der Waals surface area contributed by atoms with Gasteiger partial charge < -0.3 is 9.13 Å². The maximum Gasteiger partial charge on any atom is 0.0952 e. The van der Waals surface area contributed by atoms with Crippen LogP contribution >= 0.6 is 41.2 Å². The molecule has 0 bridgehead atoms. The van der Waals surface area contributed by atoms with Crippen molar-refractivity contribution in [3.05, 3.63) is 108 Å². The third kappa shape index (κ3) is 6.91. The summed E-state index contributed by atoms with van der Waals surface area (Å²) >= 11 is 0. The van der Waals surface area contributed by atoms with E-state index < -0.39 is 0 Å². The van der Waals surface area contributed by atoms with Crippen molar-refractivity contribution in [1.29, 1.82) is 0 Å². The first-order chi connectivity index (χ1) is 14.8. The van der Waals surface area contributed by atoms with Crippen molar-refractivity contribution in [3.8, 4) is 0 Å². The first-order valence-corrected chi connectivity index (χ1v) is 14.7. The number of nitrogens with zero attached hydrogens (tertiary/aromatic N) is 4. The first kappa shape index (κ1) is 21.5. The van der Waals surface area contributed by atoms with Gasteiger partial charge >= 0.3 is 0 Å². The highest BCUT2D eigenvalue weighted by atomic mass is 33.7. The number of aromatic nitrogens is 4. The molecule has 4 nitrogen and oxygen atoms in total. The first-order valence-electron chi connectivity index (χ1n) is 9.52. The maximum atomic E-state index is 4.51. The summed E-state index contributed by atoms with van der Waals surface area (Å²) in [6.45, 7) is 1.74. The molecule has 4 rings (SSSR count). The summed E-state index contributed by atoms with van der Waals surface area (Å²) in [6, 6.07) is 20.9. The Kier molecular flexibility index (Phi) is 8.31. The zero-order valence-corrected chi connectivity index (χ0v) is 19.6. The van der Waals surface area contributed by atoms with E-state index >= 15 is 0 Å². The predicted octanol–water partition coefficient (Wildman–Crippen LogP) is 6.55.